The average molecular weight is 244 g/mol. The molecule has 0 bridgehead atoms. The van der Waals surface area contributed by atoms with E-state index in [0.717, 1.165) is 0 Å². The maximum Gasteiger partial charge on any atom is 0.137 e. The van der Waals surface area contributed by atoms with Crippen LogP contribution < -0.4 is 10.5 Å². The Morgan fingerprint density at radius 3 is 2.44 bits per heavy atom. The van der Waals surface area contributed by atoms with Crippen molar-refractivity contribution in [1.29, 1.82) is 0 Å². The van der Waals surface area contributed by atoms with Gasteiger partial charge in [0.25, 0.3) is 0 Å². The van der Waals surface area contributed by atoms with Gasteiger partial charge >= 0.3 is 0 Å². The number of halogens is 1. The minimum Gasteiger partial charge on any atom is -0.495 e. The Balaban J connectivity index is 2.92. The van der Waals surface area contributed by atoms with Crippen LogP contribution in [0, 0.1) is 5.92 Å². The van der Waals surface area contributed by atoms with Crippen molar-refractivity contribution in [2.75, 3.05) is 7.11 Å². The van der Waals surface area contributed by atoms with Gasteiger partial charge in [-0.15, -0.1) is 0 Å². The number of rotatable bonds is 4. The molecule has 1 aromatic carbocycles. The molecule has 2 atom stereocenters. The van der Waals surface area contributed by atoms with Gasteiger partial charge in [-0.05, 0) is 23.6 Å². The van der Waals surface area contributed by atoms with Crippen molar-refractivity contribution in [1.82, 2.24) is 0 Å². The molecular weight excluding hydrogens is 226 g/mol. The summed E-state index contributed by atoms with van der Waals surface area (Å²) in [6.45, 7) is 3.94. The lowest BCUT2D eigenvalue weighted by molar-refractivity contribution is 0.125. The highest BCUT2D eigenvalue weighted by atomic mass is 35.5. The van der Waals surface area contributed by atoms with E-state index in [1.54, 1.807) is 25.3 Å². The van der Waals surface area contributed by atoms with E-state index in [1.807, 2.05) is 13.8 Å². The van der Waals surface area contributed by atoms with Gasteiger partial charge in [0.15, 0.2) is 0 Å². The SMILES string of the molecule is COc1ccc(C(O)C(N)C(C)C)cc1Cl. The smallest absolute Gasteiger partial charge is 0.137 e. The lowest BCUT2D eigenvalue weighted by atomic mass is 9.94. The number of methoxy groups -OCH3 is 1. The molecular formula is C12H18ClNO2. The topological polar surface area (TPSA) is 55.5 Å². The number of aliphatic hydroxyl groups is 1. The molecule has 0 saturated carbocycles. The second-order valence-corrected chi connectivity index (χ2v) is 4.57. The van der Waals surface area contributed by atoms with Crippen LogP contribution in [0.15, 0.2) is 18.2 Å². The fourth-order valence-corrected chi connectivity index (χ4v) is 1.72. The van der Waals surface area contributed by atoms with Crippen LogP contribution in [0.2, 0.25) is 5.02 Å². The number of hydrogen-bond acceptors (Lipinski definition) is 3. The number of benzene rings is 1. The first-order chi connectivity index (χ1) is 7.47. The van der Waals surface area contributed by atoms with Crippen LogP contribution in [0.25, 0.3) is 0 Å². The third-order valence-electron chi connectivity index (χ3n) is 2.65. The molecule has 1 aromatic rings. The number of hydrogen-bond donors (Lipinski definition) is 2. The van der Waals surface area contributed by atoms with Crippen molar-refractivity contribution in [3.05, 3.63) is 28.8 Å². The Labute approximate surface area is 101 Å². The number of ether oxygens (including phenoxy) is 1. The van der Waals surface area contributed by atoms with E-state index < -0.39 is 6.10 Å². The lowest BCUT2D eigenvalue weighted by Gasteiger charge is -2.22. The van der Waals surface area contributed by atoms with Gasteiger partial charge in [-0.1, -0.05) is 31.5 Å². The molecule has 90 valence electrons. The summed E-state index contributed by atoms with van der Waals surface area (Å²) in [6, 6.07) is 4.89. The van der Waals surface area contributed by atoms with Crippen LogP contribution >= 0.6 is 11.6 Å². The Hall–Kier alpha value is -0.770. The van der Waals surface area contributed by atoms with Gasteiger partial charge in [0.2, 0.25) is 0 Å². The quantitative estimate of drug-likeness (QED) is 0.854. The summed E-state index contributed by atoms with van der Waals surface area (Å²) < 4.78 is 5.04. The fraction of sp³-hybridized carbons (Fsp3) is 0.500. The van der Waals surface area contributed by atoms with E-state index in [2.05, 4.69) is 0 Å². The van der Waals surface area contributed by atoms with Crippen LogP contribution in [0.5, 0.6) is 5.75 Å². The third-order valence-corrected chi connectivity index (χ3v) is 2.95. The summed E-state index contributed by atoms with van der Waals surface area (Å²) in [5.74, 6) is 0.798. The van der Waals surface area contributed by atoms with E-state index in [1.165, 1.54) is 0 Å². The summed E-state index contributed by atoms with van der Waals surface area (Å²) in [5.41, 5.74) is 6.60. The molecule has 0 radical (unpaired) electrons. The van der Waals surface area contributed by atoms with Crippen LogP contribution in [-0.4, -0.2) is 18.3 Å². The second-order valence-electron chi connectivity index (χ2n) is 4.16. The number of nitrogens with two attached hydrogens (primary N) is 1. The summed E-state index contributed by atoms with van der Waals surface area (Å²) in [5, 5.41) is 10.5. The molecule has 0 spiro atoms. The van der Waals surface area contributed by atoms with E-state index in [9.17, 15) is 5.11 Å². The Kier molecular flexibility index (Phi) is 4.59. The average Bonchev–Trinajstić information content (AvgIpc) is 2.26. The van der Waals surface area contributed by atoms with E-state index in [-0.39, 0.29) is 12.0 Å². The van der Waals surface area contributed by atoms with Crippen LogP contribution in [0.3, 0.4) is 0 Å². The molecule has 1 rings (SSSR count). The van der Waals surface area contributed by atoms with Gasteiger partial charge in [0.05, 0.1) is 18.2 Å². The molecule has 4 heteroatoms. The number of aliphatic hydroxyl groups excluding tert-OH is 1. The largest absolute Gasteiger partial charge is 0.495 e. The molecule has 0 aliphatic rings. The van der Waals surface area contributed by atoms with Crippen LogP contribution in [0.4, 0.5) is 0 Å². The second kappa shape index (κ2) is 5.53. The normalized spacial score (nSPS) is 14.9. The van der Waals surface area contributed by atoms with Gasteiger partial charge in [0, 0.05) is 6.04 Å². The van der Waals surface area contributed by atoms with Crippen molar-refractivity contribution in [3.63, 3.8) is 0 Å². The predicted octanol–water partition coefficient (Wildman–Crippen LogP) is 2.37. The van der Waals surface area contributed by atoms with Crippen LogP contribution in [0.1, 0.15) is 25.5 Å². The van der Waals surface area contributed by atoms with Crippen LogP contribution in [-0.2, 0) is 0 Å². The summed E-state index contributed by atoms with van der Waals surface area (Å²) in [6.07, 6.45) is -0.705. The molecule has 3 N–H and O–H groups in total. The standard InChI is InChI=1S/C12H18ClNO2/c1-7(2)11(14)12(15)8-4-5-10(16-3)9(13)6-8/h4-7,11-12,15H,14H2,1-3H3. The first kappa shape index (κ1) is 13.3. The zero-order chi connectivity index (χ0) is 12.3. The third kappa shape index (κ3) is 2.88. The van der Waals surface area contributed by atoms with Gasteiger partial charge in [0.1, 0.15) is 5.75 Å². The summed E-state index contributed by atoms with van der Waals surface area (Å²) >= 11 is 5.98. The molecule has 0 aliphatic heterocycles. The Morgan fingerprint density at radius 2 is 2.00 bits per heavy atom. The van der Waals surface area contributed by atoms with Crippen molar-refractivity contribution >= 4 is 11.6 Å². The van der Waals surface area contributed by atoms with Crippen molar-refractivity contribution in [2.24, 2.45) is 11.7 Å². The molecule has 0 saturated heterocycles. The first-order valence-electron chi connectivity index (χ1n) is 5.24. The molecule has 0 aromatic heterocycles. The highest BCUT2D eigenvalue weighted by Crippen LogP contribution is 2.29. The lowest BCUT2D eigenvalue weighted by Crippen LogP contribution is -2.33. The van der Waals surface area contributed by atoms with E-state index >= 15 is 0 Å². The molecule has 0 heterocycles. The molecule has 3 nitrogen and oxygen atoms in total. The minimum absolute atomic E-state index is 0.205. The van der Waals surface area contributed by atoms with Gasteiger partial charge < -0.3 is 15.6 Å². The summed E-state index contributed by atoms with van der Waals surface area (Å²) in [7, 11) is 1.55. The minimum atomic E-state index is -0.705. The zero-order valence-corrected chi connectivity index (χ0v) is 10.5. The highest BCUT2D eigenvalue weighted by Gasteiger charge is 2.20. The molecule has 0 aliphatic carbocycles. The predicted molar refractivity (Wildman–Crippen MR) is 65.8 cm³/mol. The molecule has 16 heavy (non-hydrogen) atoms. The summed E-state index contributed by atoms with van der Waals surface area (Å²) in [4.78, 5) is 0. The van der Waals surface area contributed by atoms with Crippen molar-refractivity contribution in [3.8, 4) is 5.75 Å². The Bertz CT molecular complexity index is 355. The first-order valence-corrected chi connectivity index (χ1v) is 5.62. The molecule has 0 fully saturated rings. The van der Waals surface area contributed by atoms with Crippen molar-refractivity contribution < 1.29 is 9.84 Å². The van der Waals surface area contributed by atoms with E-state index in [4.69, 9.17) is 22.1 Å². The Morgan fingerprint density at radius 1 is 1.38 bits per heavy atom. The monoisotopic (exact) mass is 243 g/mol. The van der Waals surface area contributed by atoms with Crippen molar-refractivity contribution in [2.45, 2.75) is 26.0 Å². The van der Waals surface area contributed by atoms with Gasteiger partial charge in [-0.2, -0.15) is 0 Å². The maximum absolute atomic E-state index is 10.0. The maximum atomic E-state index is 10.0. The highest BCUT2D eigenvalue weighted by molar-refractivity contribution is 6.32. The molecule has 2 unspecified atom stereocenters. The molecule has 0 amide bonds. The van der Waals surface area contributed by atoms with Gasteiger partial charge in [-0.3, -0.25) is 0 Å². The zero-order valence-electron chi connectivity index (χ0n) is 9.77. The fourth-order valence-electron chi connectivity index (χ4n) is 1.45. The van der Waals surface area contributed by atoms with Gasteiger partial charge in [-0.25, -0.2) is 0 Å². The van der Waals surface area contributed by atoms with E-state index in [0.29, 0.717) is 16.3 Å².